The Morgan fingerprint density at radius 2 is 1.84 bits per heavy atom. The Bertz CT molecular complexity index is 918. The van der Waals surface area contributed by atoms with Gasteiger partial charge in [0, 0.05) is 31.0 Å². The fraction of sp³-hybridized carbons (Fsp3) is 0.417. The van der Waals surface area contributed by atoms with Crippen LogP contribution >= 0.6 is 11.8 Å². The molecule has 0 radical (unpaired) electrons. The lowest BCUT2D eigenvalue weighted by molar-refractivity contribution is -0.384. The number of nitro benzene ring substituents is 1. The number of nitro groups is 1. The normalized spacial score (nSPS) is 11.6. The predicted octanol–water partition coefficient (Wildman–Crippen LogP) is 4.47. The zero-order valence-electron chi connectivity index (χ0n) is 18.9. The summed E-state index contributed by atoms with van der Waals surface area (Å²) in [6.07, 6.45) is 1.36. The van der Waals surface area contributed by atoms with E-state index in [0.717, 1.165) is 23.1 Å². The Morgan fingerprint density at radius 1 is 1.12 bits per heavy atom. The zero-order valence-corrected chi connectivity index (χ0v) is 19.7. The molecular weight excluding hydrogens is 426 g/mol. The molecule has 0 aliphatic heterocycles. The highest BCUT2D eigenvalue weighted by atomic mass is 32.2. The molecule has 1 N–H and O–H groups in total. The molecule has 32 heavy (non-hydrogen) atoms. The van der Waals surface area contributed by atoms with Gasteiger partial charge in [0.2, 0.25) is 11.8 Å². The Morgan fingerprint density at radius 3 is 2.44 bits per heavy atom. The number of hydrogen-bond donors (Lipinski definition) is 1. The standard InChI is InChI=1S/C24H31N3O4S/c1-4-13-25-24(29)22(5-2)26(15-20-8-6-7-18(3)14-20)23(28)17-32-16-19-9-11-21(12-10-19)27(30)31/h6-12,14,22H,4-5,13,15-17H2,1-3H3,(H,25,29)/t22-/m0/s1. The number of nitrogens with zero attached hydrogens (tertiary/aromatic N) is 2. The quantitative estimate of drug-likeness (QED) is 0.375. The first-order valence-electron chi connectivity index (χ1n) is 10.8. The van der Waals surface area contributed by atoms with E-state index in [2.05, 4.69) is 5.32 Å². The molecule has 0 aliphatic carbocycles. The summed E-state index contributed by atoms with van der Waals surface area (Å²) in [5, 5.41) is 13.7. The topological polar surface area (TPSA) is 92.6 Å². The van der Waals surface area contributed by atoms with E-state index in [4.69, 9.17) is 0 Å². The van der Waals surface area contributed by atoms with Crippen molar-refractivity contribution in [3.63, 3.8) is 0 Å². The third kappa shape index (κ3) is 7.67. The molecule has 0 aromatic heterocycles. The smallest absolute Gasteiger partial charge is 0.269 e. The number of carbonyl (C=O) groups is 2. The number of aryl methyl sites for hydroxylation is 1. The zero-order chi connectivity index (χ0) is 23.5. The second-order valence-electron chi connectivity index (χ2n) is 7.64. The number of carbonyl (C=O) groups excluding carboxylic acids is 2. The van der Waals surface area contributed by atoms with Crippen LogP contribution in [0.15, 0.2) is 48.5 Å². The van der Waals surface area contributed by atoms with Crippen molar-refractivity contribution in [2.45, 2.75) is 52.0 Å². The number of non-ortho nitro benzene ring substituents is 1. The fourth-order valence-electron chi connectivity index (χ4n) is 3.35. The molecule has 2 rings (SSSR count). The van der Waals surface area contributed by atoms with Gasteiger partial charge in [-0.15, -0.1) is 11.8 Å². The van der Waals surface area contributed by atoms with Gasteiger partial charge in [-0.05, 0) is 30.9 Å². The van der Waals surface area contributed by atoms with Crippen molar-refractivity contribution in [3.05, 3.63) is 75.3 Å². The lowest BCUT2D eigenvalue weighted by atomic mass is 10.1. The van der Waals surface area contributed by atoms with Crippen molar-refractivity contribution in [3.8, 4) is 0 Å². The van der Waals surface area contributed by atoms with Crippen LogP contribution in [-0.2, 0) is 21.9 Å². The van der Waals surface area contributed by atoms with E-state index >= 15 is 0 Å². The van der Waals surface area contributed by atoms with Crippen molar-refractivity contribution in [1.29, 1.82) is 0 Å². The van der Waals surface area contributed by atoms with Crippen molar-refractivity contribution < 1.29 is 14.5 Å². The van der Waals surface area contributed by atoms with E-state index in [1.165, 1.54) is 23.9 Å². The summed E-state index contributed by atoms with van der Waals surface area (Å²) in [7, 11) is 0. The predicted molar refractivity (Wildman–Crippen MR) is 128 cm³/mol. The van der Waals surface area contributed by atoms with Gasteiger partial charge in [-0.1, -0.05) is 55.8 Å². The third-order valence-corrected chi connectivity index (χ3v) is 6.00. The van der Waals surface area contributed by atoms with E-state index in [0.29, 0.717) is 25.3 Å². The molecule has 0 spiro atoms. The summed E-state index contributed by atoms with van der Waals surface area (Å²) in [6, 6.07) is 13.7. The SMILES string of the molecule is CCCNC(=O)[C@H](CC)N(Cc1cccc(C)c1)C(=O)CSCc1ccc([N+](=O)[O-])cc1. The fourth-order valence-corrected chi connectivity index (χ4v) is 4.22. The van der Waals surface area contributed by atoms with E-state index in [9.17, 15) is 19.7 Å². The molecule has 1 atom stereocenters. The lowest BCUT2D eigenvalue weighted by Gasteiger charge is -2.30. The summed E-state index contributed by atoms with van der Waals surface area (Å²) in [4.78, 5) is 38.0. The van der Waals surface area contributed by atoms with E-state index < -0.39 is 11.0 Å². The number of nitrogens with one attached hydrogen (secondary N) is 1. The summed E-state index contributed by atoms with van der Waals surface area (Å²) in [5.41, 5.74) is 3.04. The first-order chi connectivity index (χ1) is 15.3. The minimum atomic E-state index is -0.533. The van der Waals surface area contributed by atoms with E-state index in [-0.39, 0.29) is 23.3 Å². The molecule has 172 valence electrons. The van der Waals surface area contributed by atoms with Crippen molar-refractivity contribution in [2.75, 3.05) is 12.3 Å². The molecule has 2 aromatic carbocycles. The Labute approximate surface area is 193 Å². The van der Waals surface area contributed by atoms with Crippen LogP contribution in [0.3, 0.4) is 0 Å². The molecule has 8 heteroatoms. The number of thioether (sulfide) groups is 1. The van der Waals surface area contributed by atoms with Gasteiger partial charge < -0.3 is 10.2 Å². The van der Waals surface area contributed by atoms with Crippen LogP contribution in [-0.4, -0.2) is 40.0 Å². The maximum absolute atomic E-state index is 13.2. The van der Waals surface area contributed by atoms with Crippen molar-refractivity contribution in [1.82, 2.24) is 10.2 Å². The van der Waals surface area contributed by atoms with Crippen LogP contribution in [0, 0.1) is 17.0 Å². The molecule has 0 heterocycles. The van der Waals surface area contributed by atoms with Crippen LogP contribution in [0.4, 0.5) is 5.69 Å². The number of hydrogen-bond acceptors (Lipinski definition) is 5. The molecule has 0 fully saturated rings. The van der Waals surface area contributed by atoms with Crippen molar-refractivity contribution in [2.24, 2.45) is 0 Å². The van der Waals surface area contributed by atoms with Crippen LogP contribution in [0.2, 0.25) is 0 Å². The number of benzene rings is 2. The lowest BCUT2D eigenvalue weighted by Crippen LogP contribution is -2.49. The van der Waals surface area contributed by atoms with Gasteiger partial charge in [0.15, 0.2) is 0 Å². The second-order valence-corrected chi connectivity index (χ2v) is 8.63. The molecule has 7 nitrogen and oxygen atoms in total. The van der Waals surface area contributed by atoms with Crippen LogP contribution in [0.25, 0.3) is 0 Å². The highest BCUT2D eigenvalue weighted by molar-refractivity contribution is 7.99. The third-order valence-electron chi connectivity index (χ3n) is 5.01. The number of rotatable bonds is 12. The minimum absolute atomic E-state index is 0.0445. The Kier molecular flexibility index (Phi) is 10.2. The Hall–Kier alpha value is -2.87. The van der Waals surface area contributed by atoms with Gasteiger partial charge >= 0.3 is 0 Å². The molecule has 0 saturated heterocycles. The molecule has 2 aromatic rings. The van der Waals surface area contributed by atoms with Gasteiger partial charge in [0.25, 0.3) is 5.69 Å². The molecular formula is C24H31N3O4S. The summed E-state index contributed by atoms with van der Waals surface area (Å²) < 4.78 is 0. The van der Waals surface area contributed by atoms with E-state index in [1.807, 2.05) is 45.0 Å². The summed E-state index contributed by atoms with van der Waals surface area (Å²) >= 11 is 1.44. The largest absolute Gasteiger partial charge is 0.354 e. The van der Waals surface area contributed by atoms with Gasteiger partial charge in [0.05, 0.1) is 10.7 Å². The maximum atomic E-state index is 13.2. The second kappa shape index (κ2) is 12.9. The van der Waals surface area contributed by atoms with E-state index in [1.54, 1.807) is 17.0 Å². The summed E-state index contributed by atoms with van der Waals surface area (Å²) in [6.45, 7) is 6.86. The van der Waals surface area contributed by atoms with Crippen LogP contribution < -0.4 is 5.32 Å². The molecule has 0 saturated carbocycles. The van der Waals surface area contributed by atoms with Crippen molar-refractivity contribution >= 4 is 29.3 Å². The molecule has 0 aliphatic rings. The highest BCUT2D eigenvalue weighted by Crippen LogP contribution is 2.19. The summed E-state index contributed by atoms with van der Waals surface area (Å²) in [5.74, 6) is 0.550. The van der Waals surface area contributed by atoms with Gasteiger partial charge in [-0.2, -0.15) is 0 Å². The Balaban J connectivity index is 2.09. The van der Waals surface area contributed by atoms with Gasteiger partial charge in [-0.3, -0.25) is 19.7 Å². The molecule has 0 unspecified atom stereocenters. The monoisotopic (exact) mass is 457 g/mol. The maximum Gasteiger partial charge on any atom is 0.269 e. The van der Waals surface area contributed by atoms with Gasteiger partial charge in [-0.25, -0.2) is 0 Å². The average Bonchev–Trinajstić information content (AvgIpc) is 2.77. The van der Waals surface area contributed by atoms with Gasteiger partial charge in [0.1, 0.15) is 6.04 Å². The van der Waals surface area contributed by atoms with Crippen LogP contribution in [0.5, 0.6) is 0 Å². The number of amides is 2. The first-order valence-corrected chi connectivity index (χ1v) is 11.9. The molecule has 0 bridgehead atoms. The first kappa shape index (κ1) is 25.4. The minimum Gasteiger partial charge on any atom is -0.354 e. The van der Waals surface area contributed by atoms with Crippen LogP contribution in [0.1, 0.15) is 43.4 Å². The average molecular weight is 458 g/mol. The highest BCUT2D eigenvalue weighted by Gasteiger charge is 2.28. The molecule has 2 amide bonds.